The van der Waals surface area contributed by atoms with Crippen LogP contribution in [0.4, 0.5) is 0 Å². The summed E-state index contributed by atoms with van der Waals surface area (Å²) in [6.07, 6.45) is 3.71. The van der Waals surface area contributed by atoms with Crippen molar-refractivity contribution in [3.05, 3.63) is 11.9 Å². The predicted molar refractivity (Wildman–Crippen MR) is 53.9 cm³/mol. The van der Waals surface area contributed by atoms with Crippen molar-refractivity contribution in [2.24, 2.45) is 5.73 Å². The maximum atomic E-state index is 5.41. The fourth-order valence-electron chi connectivity index (χ4n) is 1.18. The minimum atomic E-state index is 0.623. The summed E-state index contributed by atoms with van der Waals surface area (Å²) in [6, 6.07) is 0. The van der Waals surface area contributed by atoms with Crippen molar-refractivity contribution in [1.29, 1.82) is 0 Å². The van der Waals surface area contributed by atoms with Gasteiger partial charge in [0, 0.05) is 32.4 Å². The van der Waals surface area contributed by atoms with Gasteiger partial charge in [-0.15, -0.1) is 5.10 Å². The normalized spacial score (nSPS) is 10.7. The Bertz CT molecular complexity index is 249. The van der Waals surface area contributed by atoms with Crippen molar-refractivity contribution < 1.29 is 4.74 Å². The van der Waals surface area contributed by atoms with Crippen LogP contribution >= 0.6 is 0 Å². The third kappa shape index (κ3) is 3.85. The molecule has 0 atom stereocenters. The van der Waals surface area contributed by atoms with Gasteiger partial charge in [0.25, 0.3) is 0 Å². The van der Waals surface area contributed by atoms with Crippen molar-refractivity contribution in [2.75, 3.05) is 19.8 Å². The van der Waals surface area contributed by atoms with Crippen molar-refractivity contribution in [3.8, 4) is 0 Å². The first kappa shape index (κ1) is 11.1. The van der Waals surface area contributed by atoms with E-state index in [9.17, 15) is 0 Å². The van der Waals surface area contributed by atoms with Crippen LogP contribution in [0.2, 0.25) is 0 Å². The standard InChI is InChI=1S/C9H18N4O/c1-2-14-7-3-6-13-8-9(4-5-10)11-12-13/h8H,2-7,10H2,1H3. The molecule has 14 heavy (non-hydrogen) atoms. The maximum Gasteiger partial charge on any atom is 0.0839 e. The minimum absolute atomic E-state index is 0.623. The van der Waals surface area contributed by atoms with Gasteiger partial charge < -0.3 is 10.5 Å². The zero-order valence-corrected chi connectivity index (χ0v) is 8.65. The first-order valence-corrected chi connectivity index (χ1v) is 5.03. The molecular weight excluding hydrogens is 180 g/mol. The molecule has 0 saturated heterocycles. The van der Waals surface area contributed by atoms with Crippen LogP contribution in [0, 0.1) is 0 Å². The molecule has 80 valence electrons. The number of aromatic nitrogens is 3. The van der Waals surface area contributed by atoms with E-state index >= 15 is 0 Å². The molecule has 5 nitrogen and oxygen atoms in total. The molecule has 2 N–H and O–H groups in total. The first-order valence-electron chi connectivity index (χ1n) is 5.03. The SMILES string of the molecule is CCOCCCn1cc(CCN)nn1. The van der Waals surface area contributed by atoms with Crippen molar-refractivity contribution in [3.63, 3.8) is 0 Å². The zero-order chi connectivity index (χ0) is 10.2. The molecule has 5 heteroatoms. The van der Waals surface area contributed by atoms with Crippen LogP contribution in [0.1, 0.15) is 19.0 Å². The van der Waals surface area contributed by atoms with Gasteiger partial charge in [0.1, 0.15) is 0 Å². The lowest BCUT2D eigenvalue weighted by molar-refractivity contribution is 0.140. The summed E-state index contributed by atoms with van der Waals surface area (Å²) in [7, 11) is 0. The molecule has 0 aromatic carbocycles. The van der Waals surface area contributed by atoms with Gasteiger partial charge in [-0.2, -0.15) is 0 Å². The molecular formula is C9H18N4O. The van der Waals surface area contributed by atoms with Crippen LogP contribution in [0.25, 0.3) is 0 Å². The van der Waals surface area contributed by atoms with Crippen LogP contribution in [-0.4, -0.2) is 34.8 Å². The summed E-state index contributed by atoms with van der Waals surface area (Å²) >= 11 is 0. The predicted octanol–water partition coefficient (Wildman–Crippen LogP) is 0.206. The highest BCUT2D eigenvalue weighted by molar-refractivity contribution is 4.92. The molecule has 1 aromatic rings. The van der Waals surface area contributed by atoms with E-state index in [1.807, 2.05) is 17.8 Å². The average Bonchev–Trinajstić information content (AvgIpc) is 2.61. The lowest BCUT2D eigenvalue weighted by Crippen LogP contribution is -2.03. The Morgan fingerprint density at radius 2 is 2.43 bits per heavy atom. The summed E-state index contributed by atoms with van der Waals surface area (Å²) in [5, 5.41) is 7.98. The van der Waals surface area contributed by atoms with Gasteiger partial charge in [-0.05, 0) is 19.9 Å². The highest BCUT2D eigenvalue weighted by Crippen LogP contribution is 1.95. The van der Waals surface area contributed by atoms with Crippen LogP contribution < -0.4 is 5.73 Å². The summed E-state index contributed by atoms with van der Waals surface area (Å²) < 4.78 is 7.07. The summed E-state index contributed by atoms with van der Waals surface area (Å²) in [4.78, 5) is 0. The van der Waals surface area contributed by atoms with Crippen LogP contribution in [-0.2, 0) is 17.7 Å². The number of nitrogens with two attached hydrogens (primary N) is 1. The van der Waals surface area contributed by atoms with E-state index in [2.05, 4.69) is 10.3 Å². The quantitative estimate of drug-likeness (QED) is 0.636. The topological polar surface area (TPSA) is 66.0 Å². The molecule has 1 aromatic heterocycles. The lowest BCUT2D eigenvalue weighted by Gasteiger charge is -2.00. The Hall–Kier alpha value is -0.940. The molecule has 0 aliphatic rings. The van der Waals surface area contributed by atoms with Gasteiger partial charge in [0.15, 0.2) is 0 Å². The summed E-state index contributed by atoms with van der Waals surface area (Å²) in [5.41, 5.74) is 6.37. The molecule has 0 amide bonds. The Morgan fingerprint density at radius 1 is 1.57 bits per heavy atom. The van der Waals surface area contributed by atoms with E-state index in [4.69, 9.17) is 10.5 Å². The maximum absolute atomic E-state index is 5.41. The molecule has 1 rings (SSSR count). The van der Waals surface area contributed by atoms with E-state index < -0.39 is 0 Å². The van der Waals surface area contributed by atoms with Crippen molar-refractivity contribution in [1.82, 2.24) is 15.0 Å². The van der Waals surface area contributed by atoms with E-state index in [0.717, 1.165) is 38.3 Å². The molecule has 0 aliphatic heterocycles. The lowest BCUT2D eigenvalue weighted by atomic mass is 10.3. The van der Waals surface area contributed by atoms with E-state index in [1.165, 1.54) is 0 Å². The molecule has 0 unspecified atom stereocenters. The molecule has 0 radical (unpaired) electrons. The molecule has 0 fully saturated rings. The summed E-state index contributed by atoms with van der Waals surface area (Å²) in [6.45, 7) is 5.03. The van der Waals surface area contributed by atoms with Gasteiger partial charge in [0.05, 0.1) is 5.69 Å². The second-order valence-corrected chi connectivity index (χ2v) is 3.06. The molecule has 1 heterocycles. The monoisotopic (exact) mass is 198 g/mol. The molecule has 0 aliphatic carbocycles. The highest BCUT2D eigenvalue weighted by Gasteiger charge is 1.98. The Kier molecular flexibility index (Phi) is 5.17. The number of aryl methyl sites for hydroxylation is 1. The average molecular weight is 198 g/mol. The fourth-order valence-corrected chi connectivity index (χ4v) is 1.18. The molecule has 0 spiro atoms. The Labute approximate surface area is 84.2 Å². The summed E-state index contributed by atoms with van der Waals surface area (Å²) in [5.74, 6) is 0. The number of hydrogen-bond donors (Lipinski definition) is 1. The second kappa shape index (κ2) is 6.50. The zero-order valence-electron chi connectivity index (χ0n) is 8.65. The Balaban J connectivity index is 2.22. The van der Waals surface area contributed by atoms with E-state index in [-0.39, 0.29) is 0 Å². The van der Waals surface area contributed by atoms with E-state index in [1.54, 1.807) is 0 Å². The van der Waals surface area contributed by atoms with Crippen LogP contribution in [0.15, 0.2) is 6.20 Å². The number of nitrogens with zero attached hydrogens (tertiary/aromatic N) is 3. The van der Waals surface area contributed by atoms with E-state index in [0.29, 0.717) is 6.54 Å². The smallest absolute Gasteiger partial charge is 0.0839 e. The van der Waals surface area contributed by atoms with Crippen molar-refractivity contribution in [2.45, 2.75) is 26.3 Å². The second-order valence-electron chi connectivity index (χ2n) is 3.06. The van der Waals surface area contributed by atoms with Gasteiger partial charge in [0.2, 0.25) is 0 Å². The third-order valence-electron chi connectivity index (χ3n) is 1.87. The third-order valence-corrected chi connectivity index (χ3v) is 1.87. The molecule has 0 bridgehead atoms. The van der Waals surface area contributed by atoms with Gasteiger partial charge in [-0.25, -0.2) is 0 Å². The van der Waals surface area contributed by atoms with Crippen molar-refractivity contribution >= 4 is 0 Å². The number of rotatable bonds is 7. The Morgan fingerprint density at radius 3 is 3.14 bits per heavy atom. The van der Waals surface area contributed by atoms with Crippen LogP contribution in [0.5, 0.6) is 0 Å². The molecule has 0 saturated carbocycles. The van der Waals surface area contributed by atoms with Gasteiger partial charge in [-0.1, -0.05) is 5.21 Å². The van der Waals surface area contributed by atoms with Crippen LogP contribution in [0.3, 0.4) is 0 Å². The van der Waals surface area contributed by atoms with Gasteiger partial charge in [-0.3, -0.25) is 4.68 Å². The largest absolute Gasteiger partial charge is 0.382 e. The fraction of sp³-hybridized carbons (Fsp3) is 0.778. The van der Waals surface area contributed by atoms with Gasteiger partial charge >= 0.3 is 0 Å². The minimum Gasteiger partial charge on any atom is -0.382 e. The first-order chi connectivity index (χ1) is 6.86. The highest BCUT2D eigenvalue weighted by atomic mass is 16.5. The number of hydrogen-bond acceptors (Lipinski definition) is 4. The number of ether oxygens (including phenoxy) is 1.